The average Bonchev–Trinajstić information content (AvgIpc) is 3.47. The molecule has 4 rings (SSSR count). The predicted molar refractivity (Wildman–Crippen MR) is 115 cm³/mol. The van der Waals surface area contributed by atoms with Gasteiger partial charge in [0, 0.05) is 18.7 Å². The van der Waals surface area contributed by atoms with Crippen molar-refractivity contribution in [3.8, 4) is 0 Å². The highest BCUT2D eigenvalue weighted by molar-refractivity contribution is 7.89. The van der Waals surface area contributed by atoms with Gasteiger partial charge in [-0.05, 0) is 49.2 Å². The first-order valence-electron chi connectivity index (χ1n) is 10.3. The molecule has 1 aromatic heterocycles. The standard InChI is InChI=1S/C21H20F3N5O4S/c22-21(23,24)20-25-16-5-1-2-6-17(16)29(20)13-18(30)26-27-19(31)14-7-9-15(10-8-14)34(32,33)28-11-3-4-12-28/h1-2,5-10H,3-4,11-13H2,(H,26,30)(H,27,31). The van der Waals surface area contributed by atoms with Gasteiger partial charge in [0.1, 0.15) is 6.54 Å². The topological polar surface area (TPSA) is 113 Å². The van der Waals surface area contributed by atoms with Gasteiger partial charge in [0.05, 0.1) is 15.9 Å². The maximum Gasteiger partial charge on any atom is 0.449 e. The van der Waals surface area contributed by atoms with Crippen molar-refractivity contribution < 1.29 is 31.2 Å². The van der Waals surface area contributed by atoms with E-state index < -0.39 is 40.4 Å². The molecule has 0 bridgehead atoms. The SMILES string of the molecule is O=C(Cn1c(C(F)(F)F)nc2ccccc21)NNC(=O)c1ccc(S(=O)(=O)N2CCCC2)cc1. The monoisotopic (exact) mass is 495 g/mol. The quantitative estimate of drug-likeness (QED) is 0.528. The number of benzene rings is 2. The van der Waals surface area contributed by atoms with Crippen molar-refractivity contribution in [2.75, 3.05) is 13.1 Å². The predicted octanol–water partition coefficient (Wildman–Crippen LogP) is 2.30. The number of para-hydroxylation sites is 2. The van der Waals surface area contributed by atoms with Crippen molar-refractivity contribution in [2.45, 2.75) is 30.5 Å². The fourth-order valence-electron chi connectivity index (χ4n) is 3.69. The van der Waals surface area contributed by atoms with Crippen molar-refractivity contribution in [2.24, 2.45) is 0 Å². The molecular weight excluding hydrogens is 475 g/mol. The molecule has 13 heteroatoms. The lowest BCUT2D eigenvalue weighted by atomic mass is 10.2. The second kappa shape index (κ2) is 9.06. The molecular formula is C21H20F3N5O4S. The van der Waals surface area contributed by atoms with Crippen LogP contribution in [0.25, 0.3) is 11.0 Å². The summed E-state index contributed by atoms with van der Waals surface area (Å²) in [5.41, 5.74) is 4.44. The number of halogens is 3. The lowest BCUT2D eigenvalue weighted by Crippen LogP contribution is -2.43. The van der Waals surface area contributed by atoms with E-state index in [9.17, 15) is 31.2 Å². The molecule has 0 aliphatic carbocycles. The normalized spacial score (nSPS) is 14.9. The lowest BCUT2D eigenvalue weighted by Gasteiger charge is -2.15. The number of nitrogens with zero attached hydrogens (tertiary/aromatic N) is 3. The second-order valence-electron chi connectivity index (χ2n) is 7.65. The Morgan fingerprint density at radius 1 is 0.971 bits per heavy atom. The van der Waals surface area contributed by atoms with Crippen LogP contribution >= 0.6 is 0 Å². The molecule has 180 valence electrons. The molecule has 0 saturated carbocycles. The van der Waals surface area contributed by atoms with Gasteiger partial charge >= 0.3 is 6.18 Å². The minimum atomic E-state index is -4.78. The van der Waals surface area contributed by atoms with E-state index in [-0.39, 0.29) is 21.5 Å². The molecule has 1 aliphatic rings. The van der Waals surface area contributed by atoms with Crippen LogP contribution in [0.1, 0.15) is 29.0 Å². The summed E-state index contributed by atoms with van der Waals surface area (Å²) in [7, 11) is -3.64. The number of amides is 2. The number of hydrogen-bond acceptors (Lipinski definition) is 5. The summed E-state index contributed by atoms with van der Waals surface area (Å²) in [6.07, 6.45) is -3.20. The fourth-order valence-corrected chi connectivity index (χ4v) is 5.21. The highest BCUT2D eigenvalue weighted by atomic mass is 32.2. The highest BCUT2D eigenvalue weighted by Crippen LogP contribution is 2.31. The molecule has 0 atom stereocenters. The molecule has 34 heavy (non-hydrogen) atoms. The Labute approximate surface area is 192 Å². The summed E-state index contributed by atoms with van der Waals surface area (Å²) >= 11 is 0. The molecule has 0 radical (unpaired) electrons. The van der Waals surface area contributed by atoms with Crippen LogP contribution < -0.4 is 10.9 Å². The summed E-state index contributed by atoms with van der Waals surface area (Å²) in [4.78, 5) is 28.2. The molecule has 1 aliphatic heterocycles. The number of imidazole rings is 1. The summed E-state index contributed by atoms with van der Waals surface area (Å²) in [6, 6.07) is 11.0. The largest absolute Gasteiger partial charge is 0.449 e. The van der Waals surface area contributed by atoms with E-state index in [4.69, 9.17) is 0 Å². The van der Waals surface area contributed by atoms with E-state index >= 15 is 0 Å². The Morgan fingerprint density at radius 2 is 1.62 bits per heavy atom. The Kier molecular flexibility index (Phi) is 6.32. The zero-order valence-electron chi connectivity index (χ0n) is 17.7. The molecule has 2 N–H and O–H groups in total. The van der Waals surface area contributed by atoms with Crippen LogP contribution in [0.5, 0.6) is 0 Å². The Morgan fingerprint density at radius 3 is 2.26 bits per heavy atom. The van der Waals surface area contributed by atoms with Crippen LogP contribution in [-0.4, -0.2) is 47.2 Å². The maximum atomic E-state index is 13.4. The third-order valence-electron chi connectivity index (χ3n) is 5.34. The third kappa shape index (κ3) is 4.75. The van der Waals surface area contributed by atoms with Crippen molar-refractivity contribution in [3.63, 3.8) is 0 Å². The fraction of sp³-hybridized carbons (Fsp3) is 0.286. The number of aromatic nitrogens is 2. The van der Waals surface area contributed by atoms with Crippen LogP contribution in [0.15, 0.2) is 53.4 Å². The van der Waals surface area contributed by atoms with Crippen molar-refractivity contribution in [3.05, 3.63) is 59.9 Å². The molecule has 0 spiro atoms. The number of rotatable bonds is 5. The summed E-state index contributed by atoms with van der Waals surface area (Å²) in [6.45, 7) is 0.153. The smallest absolute Gasteiger partial charge is 0.311 e. The van der Waals surface area contributed by atoms with Gasteiger partial charge in [0.2, 0.25) is 15.8 Å². The lowest BCUT2D eigenvalue weighted by molar-refractivity contribution is -0.147. The minimum absolute atomic E-state index is 0.0432. The van der Waals surface area contributed by atoms with E-state index in [0.717, 1.165) is 17.4 Å². The number of nitrogens with one attached hydrogen (secondary N) is 2. The van der Waals surface area contributed by atoms with Crippen LogP contribution in [0.2, 0.25) is 0 Å². The zero-order chi connectivity index (χ0) is 24.5. The van der Waals surface area contributed by atoms with E-state index in [1.165, 1.54) is 52.8 Å². The average molecular weight is 495 g/mol. The zero-order valence-corrected chi connectivity index (χ0v) is 18.5. The number of alkyl halides is 3. The number of sulfonamides is 1. The first-order chi connectivity index (χ1) is 16.1. The van der Waals surface area contributed by atoms with Crippen LogP contribution in [0, 0.1) is 0 Å². The maximum absolute atomic E-state index is 13.4. The summed E-state index contributed by atoms with van der Waals surface area (Å²) in [5, 5.41) is 0. The number of hydrazine groups is 1. The van der Waals surface area contributed by atoms with Gasteiger partial charge in [0.15, 0.2) is 0 Å². The molecule has 1 saturated heterocycles. The van der Waals surface area contributed by atoms with E-state index in [1.807, 2.05) is 0 Å². The van der Waals surface area contributed by atoms with Crippen molar-refractivity contribution >= 4 is 32.9 Å². The highest BCUT2D eigenvalue weighted by Gasteiger charge is 2.38. The van der Waals surface area contributed by atoms with Crippen molar-refractivity contribution in [1.82, 2.24) is 24.7 Å². The second-order valence-corrected chi connectivity index (χ2v) is 9.58. The molecule has 1 fully saturated rings. The molecule has 2 aromatic carbocycles. The van der Waals surface area contributed by atoms with Gasteiger partial charge in [0.25, 0.3) is 11.8 Å². The molecule has 0 unspecified atom stereocenters. The Balaban J connectivity index is 1.42. The van der Waals surface area contributed by atoms with Gasteiger partial charge in [-0.3, -0.25) is 20.4 Å². The first-order valence-corrected chi connectivity index (χ1v) is 11.7. The first kappa shape index (κ1) is 23.7. The van der Waals surface area contributed by atoms with Crippen molar-refractivity contribution in [1.29, 1.82) is 0 Å². The van der Waals surface area contributed by atoms with E-state index in [2.05, 4.69) is 15.8 Å². The summed E-state index contributed by atoms with van der Waals surface area (Å²) in [5.74, 6) is -2.90. The molecule has 9 nitrogen and oxygen atoms in total. The van der Waals surface area contributed by atoms with E-state index in [0.29, 0.717) is 13.1 Å². The summed E-state index contributed by atoms with van der Waals surface area (Å²) < 4.78 is 67.3. The van der Waals surface area contributed by atoms with Gasteiger partial charge in [-0.1, -0.05) is 12.1 Å². The molecule has 2 amide bonds. The number of fused-ring (bicyclic) bond motifs is 1. The van der Waals surface area contributed by atoms with Crippen LogP contribution in [-0.2, 0) is 27.5 Å². The Bertz CT molecular complexity index is 1330. The van der Waals surface area contributed by atoms with E-state index in [1.54, 1.807) is 0 Å². The number of hydrogen-bond donors (Lipinski definition) is 2. The van der Waals surface area contributed by atoms with Gasteiger partial charge in [-0.15, -0.1) is 0 Å². The molecule has 2 heterocycles. The van der Waals surface area contributed by atoms with Gasteiger partial charge < -0.3 is 4.57 Å². The van der Waals surface area contributed by atoms with Gasteiger partial charge in [-0.2, -0.15) is 17.5 Å². The minimum Gasteiger partial charge on any atom is -0.311 e. The Hall–Kier alpha value is -3.45. The van der Waals surface area contributed by atoms with Crippen LogP contribution in [0.3, 0.4) is 0 Å². The number of carbonyl (C=O) groups excluding carboxylic acids is 2. The van der Waals surface area contributed by atoms with Gasteiger partial charge in [-0.25, -0.2) is 13.4 Å². The molecule has 3 aromatic rings. The third-order valence-corrected chi connectivity index (χ3v) is 7.26. The number of carbonyl (C=O) groups is 2. The van der Waals surface area contributed by atoms with Crippen LogP contribution in [0.4, 0.5) is 13.2 Å².